The molecule has 0 amide bonds. The molecule has 1 fully saturated rings. The number of aliphatic hydroxyl groups is 1. The highest BCUT2D eigenvalue weighted by molar-refractivity contribution is 5.74. The third-order valence-electron chi connectivity index (χ3n) is 3.59. The second-order valence-electron chi connectivity index (χ2n) is 7.00. The van der Waals surface area contributed by atoms with Gasteiger partial charge in [0.05, 0.1) is 12.6 Å². The van der Waals surface area contributed by atoms with E-state index in [0.29, 0.717) is 13.0 Å². The van der Waals surface area contributed by atoms with Crippen molar-refractivity contribution in [2.45, 2.75) is 58.3 Å². The fraction of sp³-hybridized carbons (Fsp3) is 0.765. The first-order valence-electron chi connectivity index (χ1n) is 9.11. The second-order valence-corrected chi connectivity index (χ2v) is 7.00. The maximum Gasteiger partial charge on any atom is 0.320 e. The summed E-state index contributed by atoms with van der Waals surface area (Å²) in [6.07, 6.45) is -0.152. The lowest BCUT2D eigenvalue weighted by Gasteiger charge is -2.07. The van der Waals surface area contributed by atoms with Gasteiger partial charge in [-0.2, -0.15) is 0 Å². The zero-order chi connectivity index (χ0) is 24.6. The molecule has 13 nitrogen and oxygen atoms in total. The molecule has 1 aliphatic heterocycles. The van der Waals surface area contributed by atoms with Gasteiger partial charge in [-0.3, -0.25) is 19.2 Å². The molecule has 1 rings (SSSR count). The van der Waals surface area contributed by atoms with Gasteiger partial charge >= 0.3 is 23.9 Å². The molecule has 0 saturated carbocycles. The van der Waals surface area contributed by atoms with Gasteiger partial charge in [-0.1, -0.05) is 27.7 Å². The standard InChI is InChI=1S/C5H9NO3.2C5H11NO2.C2H5NO2/c7-3-1-4(5(8)9)6-2-3;2*1-3(2)4(6)5(7)8;3-1-2(4)5/h3-4,6-7H,1-2H2,(H,8,9);2*3-4H,6H2,1-2H3,(H,7,8);1,3H2,(H,4,5)/t3-,4+;;;/m1.../s1. The number of carboxylic acids is 4. The summed E-state index contributed by atoms with van der Waals surface area (Å²) in [5.41, 5.74) is 14.9. The second kappa shape index (κ2) is 17.5. The van der Waals surface area contributed by atoms with Crippen molar-refractivity contribution >= 4 is 23.9 Å². The maximum absolute atomic E-state index is 10.2. The number of β-amino-alcohol motifs (C(OH)–C–C–N with tert-alkyl or cyclic N) is 1. The Morgan fingerprint density at radius 2 is 1.23 bits per heavy atom. The Balaban J connectivity index is -0.000000331. The van der Waals surface area contributed by atoms with Gasteiger partial charge in [0, 0.05) is 13.0 Å². The normalized spacial score (nSPS) is 19.1. The molecular weight excluding hydrogens is 404 g/mol. The van der Waals surface area contributed by atoms with Crippen LogP contribution >= 0.6 is 0 Å². The fourth-order valence-corrected chi connectivity index (χ4v) is 1.48. The minimum Gasteiger partial charge on any atom is -0.480 e. The molecule has 1 heterocycles. The third-order valence-corrected chi connectivity index (χ3v) is 3.59. The van der Waals surface area contributed by atoms with Gasteiger partial charge in [0.1, 0.15) is 18.1 Å². The molecule has 30 heavy (non-hydrogen) atoms. The Kier molecular flexibility index (Phi) is 18.9. The van der Waals surface area contributed by atoms with E-state index in [4.69, 9.17) is 37.0 Å². The average molecular weight is 440 g/mol. The van der Waals surface area contributed by atoms with Gasteiger partial charge in [0.25, 0.3) is 0 Å². The van der Waals surface area contributed by atoms with E-state index in [-0.39, 0.29) is 18.4 Å². The lowest BCUT2D eigenvalue weighted by Crippen LogP contribution is -2.34. The lowest BCUT2D eigenvalue weighted by molar-refractivity contribution is -0.140. The number of nitrogens with two attached hydrogens (primary N) is 3. The van der Waals surface area contributed by atoms with Crippen molar-refractivity contribution < 1.29 is 44.7 Å². The predicted octanol–water partition coefficient (Wildman–Crippen LogP) is -2.07. The van der Waals surface area contributed by atoms with E-state index < -0.39 is 48.1 Å². The average Bonchev–Trinajstić information content (AvgIpc) is 3.08. The zero-order valence-electron chi connectivity index (χ0n) is 17.7. The number of aliphatic hydroxyl groups excluding tert-OH is 1. The summed E-state index contributed by atoms with van der Waals surface area (Å²) in [5.74, 6) is -3.67. The van der Waals surface area contributed by atoms with Gasteiger partial charge in [-0.05, 0) is 11.8 Å². The van der Waals surface area contributed by atoms with Gasteiger partial charge in [-0.25, -0.2) is 0 Å². The topological polar surface area (TPSA) is 260 Å². The van der Waals surface area contributed by atoms with Crippen LogP contribution in [0.1, 0.15) is 34.1 Å². The van der Waals surface area contributed by atoms with E-state index in [0.717, 1.165) is 0 Å². The molecule has 2 unspecified atom stereocenters. The summed E-state index contributed by atoms with van der Waals surface area (Å²) in [5, 5.41) is 43.9. The monoisotopic (exact) mass is 440 g/mol. The van der Waals surface area contributed by atoms with Crippen LogP contribution in [0, 0.1) is 11.8 Å². The number of carboxylic acid groups (broad SMARTS) is 4. The van der Waals surface area contributed by atoms with Gasteiger partial charge in [-0.15, -0.1) is 0 Å². The van der Waals surface area contributed by atoms with E-state index in [2.05, 4.69) is 11.1 Å². The number of hydrogen-bond acceptors (Lipinski definition) is 9. The Bertz CT molecular complexity index is 505. The molecule has 0 bridgehead atoms. The molecule has 13 heteroatoms. The fourth-order valence-electron chi connectivity index (χ4n) is 1.48. The van der Waals surface area contributed by atoms with Gasteiger partial charge < -0.3 is 48.1 Å². The number of aliphatic carboxylic acids is 4. The molecule has 0 aliphatic carbocycles. The molecule has 0 aromatic heterocycles. The molecule has 0 spiro atoms. The van der Waals surface area contributed by atoms with E-state index in [1.54, 1.807) is 27.7 Å². The zero-order valence-corrected chi connectivity index (χ0v) is 17.7. The SMILES string of the molecule is CC(C)C(N)C(=O)O.CC(C)C(N)C(=O)O.NCC(=O)O.O=C(O)[C@@H]1C[C@@H](O)CN1. The minimum atomic E-state index is -0.968. The van der Waals surface area contributed by atoms with Crippen molar-refractivity contribution in [3.8, 4) is 0 Å². The molecule has 0 aromatic carbocycles. The first-order valence-corrected chi connectivity index (χ1v) is 9.11. The van der Waals surface area contributed by atoms with Crippen molar-refractivity contribution in [1.82, 2.24) is 5.32 Å². The summed E-state index contributed by atoms with van der Waals surface area (Å²) >= 11 is 0. The van der Waals surface area contributed by atoms with Crippen LogP contribution in [0.3, 0.4) is 0 Å². The van der Waals surface area contributed by atoms with Crippen molar-refractivity contribution in [3.63, 3.8) is 0 Å². The summed E-state index contributed by atoms with van der Waals surface area (Å²) < 4.78 is 0. The number of rotatable bonds is 6. The van der Waals surface area contributed by atoms with E-state index in [1.807, 2.05) is 0 Å². The third kappa shape index (κ3) is 19.0. The van der Waals surface area contributed by atoms with Gasteiger partial charge in [0.2, 0.25) is 0 Å². The van der Waals surface area contributed by atoms with Crippen molar-refractivity contribution in [2.75, 3.05) is 13.1 Å². The smallest absolute Gasteiger partial charge is 0.320 e. The van der Waals surface area contributed by atoms with Gasteiger partial charge in [0.15, 0.2) is 0 Å². The molecule has 1 aliphatic rings. The predicted molar refractivity (Wildman–Crippen MR) is 108 cm³/mol. The number of nitrogens with one attached hydrogen (secondary N) is 1. The molecule has 0 aromatic rings. The lowest BCUT2D eigenvalue weighted by atomic mass is 10.1. The Morgan fingerprint density at radius 1 is 0.900 bits per heavy atom. The molecule has 12 N–H and O–H groups in total. The molecular formula is C17H36N4O9. The molecule has 1 saturated heterocycles. The molecule has 4 atom stereocenters. The van der Waals surface area contributed by atoms with Crippen LogP contribution in [0.15, 0.2) is 0 Å². The van der Waals surface area contributed by atoms with Crippen LogP contribution in [-0.4, -0.2) is 86.7 Å². The first kappa shape index (κ1) is 32.3. The quantitative estimate of drug-likeness (QED) is 0.215. The van der Waals surface area contributed by atoms with Crippen LogP contribution in [0.2, 0.25) is 0 Å². The van der Waals surface area contributed by atoms with Crippen molar-refractivity contribution in [3.05, 3.63) is 0 Å². The van der Waals surface area contributed by atoms with Crippen LogP contribution in [-0.2, 0) is 19.2 Å². The Morgan fingerprint density at radius 3 is 1.30 bits per heavy atom. The summed E-state index contributed by atoms with van der Waals surface area (Å²) in [4.78, 5) is 39.4. The minimum absolute atomic E-state index is 0.0208. The van der Waals surface area contributed by atoms with Crippen LogP contribution in [0.5, 0.6) is 0 Å². The van der Waals surface area contributed by atoms with E-state index in [1.165, 1.54) is 0 Å². The highest BCUT2D eigenvalue weighted by Gasteiger charge is 2.27. The largest absolute Gasteiger partial charge is 0.480 e. The van der Waals surface area contributed by atoms with Crippen LogP contribution < -0.4 is 22.5 Å². The highest BCUT2D eigenvalue weighted by atomic mass is 16.4. The maximum atomic E-state index is 10.2. The first-order chi connectivity index (χ1) is 13.6. The summed E-state index contributed by atoms with van der Waals surface area (Å²) in [6, 6.07) is -1.97. The van der Waals surface area contributed by atoms with Crippen LogP contribution in [0.25, 0.3) is 0 Å². The Labute approximate surface area is 175 Å². The highest BCUT2D eigenvalue weighted by Crippen LogP contribution is 2.05. The van der Waals surface area contributed by atoms with E-state index in [9.17, 15) is 19.2 Å². The Hall–Kier alpha value is -2.32. The summed E-state index contributed by atoms with van der Waals surface area (Å²) in [6.45, 7) is 7.23. The molecule has 178 valence electrons. The number of carbonyl (C=O) groups is 4. The van der Waals surface area contributed by atoms with Crippen molar-refractivity contribution in [2.24, 2.45) is 29.0 Å². The summed E-state index contributed by atoms with van der Waals surface area (Å²) in [7, 11) is 0. The van der Waals surface area contributed by atoms with Crippen LogP contribution in [0.4, 0.5) is 0 Å². The van der Waals surface area contributed by atoms with Crippen molar-refractivity contribution in [1.29, 1.82) is 0 Å². The van der Waals surface area contributed by atoms with E-state index >= 15 is 0 Å². The number of hydrogen-bond donors (Lipinski definition) is 9. The molecule has 0 radical (unpaired) electrons.